The van der Waals surface area contributed by atoms with Gasteiger partial charge in [-0.25, -0.2) is 13.6 Å². The highest BCUT2D eigenvalue weighted by atomic mass is 19.2. The summed E-state index contributed by atoms with van der Waals surface area (Å²) < 4.78 is 29.7. The Hall–Kier alpha value is -1.65. The van der Waals surface area contributed by atoms with Crippen LogP contribution in [0.25, 0.3) is 0 Å². The van der Waals surface area contributed by atoms with Crippen LogP contribution in [0.15, 0.2) is 18.2 Å². The molecule has 0 unspecified atom stereocenters. The molecule has 0 radical (unpaired) electrons. The van der Waals surface area contributed by atoms with Crippen molar-refractivity contribution in [3.63, 3.8) is 0 Å². The van der Waals surface area contributed by atoms with Gasteiger partial charge in [-0.15, -0.1) is 0 Å². The molecule has 0 bridgehead atoms. The van der Waals surface area contributed by atoms with Crippen LogP contribution in [0.1, 0.15) is 5.56 Å². The summed E-state index contributed by atoms with van der Waals surface area (Å²) in [4.78, 5) is 9.95. The van der Waals surface area contributed by atoms with E-state index in [1.165, 1.54) is 12.1 Å². The first-order valence-corrected chi connectivity index (χ1v) is 3.90. The third-order valence-corrected chi connectivity index (χ3v) is 1.63. The van der Waals surface area contributed by atoms with Crippen LogP contribution in [-0.2, 0) is 11.2 Å². The molecule has 1 rings (SSSR count). The van der Waals surface area contributed by atoms with Crippen LogP contribution in [0.2, 0.25) is 0 Å². The summed E-state index contributed by atoms with van der Waals surface area (Å²) in [6.07, 6.45) is -1.41. The van der Waals surface area contributed by atoms with E-state index in [2.05, 4.69) is 4.74 Å². The molecule has 0 saturated heterocycles. The lowest BCUT2D eigenvalue weighted by molar-refractivity contribution is 0.0925. The fraction of sp³-hybridized carbons (Fsp3) is 0.222. The molecule has 0 aromatic heterocycles. The summed E-state index contributed by atoms with van der Waals surface area (Å²) in [5.74, 6) is -1.90. The Balaban J connectivity index is 2.59. The molecular formula is C9H8F2O3. The molecule has 1 N–H and O–H groups in total. The zero-order valence-electron chi connectivity index (χ0n) is 7.17. The minimum atomic E-state index is -1.43. The van der Waals surface area contributed by atoms with E-state index < -0.39 is 17.8 Å². The SMILES string of the molecule is O=C(O)OCCc1cccc(F)c1F. The molecule has 1 aromatic carbocycles. The Labute approximate surface area is 78.9 Å². The molecule has 5 heteroatoms. The number of halogens is 2. The molecule has 14 heavy (non-hydrogen) atoms. The van der Waals surface area contributed by atoms with Crippen LogP contribution in [0.5, 0.6) is 0 Å². The first-order valence-electron chi connectivity index (χ1n) is 3.90. The Bertz CT molecular complexity index is 339. The second-order valence-corrected chi connectivity index (χ2v) is 2.58. The molecule has 0 aliphatic carbocycles. The standard InChI is InChI=1S/C9H8F2O3/c10-7-3-1-2-6(8(7)11)4-5-14-9(12)13/h1-3H,4-5H2,(H,12,13). The molecule has 0 aliphatic heterocycles. The van der Waals surface area contributed by atoms with Gasteiger partial charge in [0, 0.05) is 6.42 Å². The first-order chi connectivity index (χ1) is 6.61. The smallest absolute Gasteiger partial charge is 0.450 e. The van der Waals surface area contributed by atoms with Gasteiger partial charge in [-0.2, -0.15) is 0 Å². The van der Waals surface area contributed by atoms with E-state index in [1.54, 1.807) is 0 Å². The number of hydrogen-bond acceptors (Lipinski definition) is 2. The summed E-state index contributed by atoms with van der Waals surface area (Å²) in [7, 11) is 0. The third-order valence-electron chi connectivity index (χ3n) is 1.63. The fourth-order valence-electron chi connectivity index (χ4n) is 0.990. The minimum absolute atomic E-state index is 0.0237. The second kappa shape index (κ2) is 4.55. The molecule has 0 spiro atoms. The summed E-state index contributed by atoms with van der Waals surface area (Å²) in [5, 5.41) is 8.13. The monoisotopic (exact) mass is 202 g/mol. The zero-order chi connectivity index (χ0) is 10.6. The van der Waals surface area contributed by atoms with Crippen molar-refractivity contribution in [3.05, 3.63) is 35.4 Å². The molecule has 0 aliphatic rings. The van der Waals surface area contributed by atoms with E-state index >= 15 is 0 Å². The molecular weight excluding hydrogens is 194 g/mol. The molecule has 0 atom stereocenters. The van der Waals surface area contributed by atoms with Crippen LogP contribution < -0.4 is 0 Å². The van der Waals surface area contributed by atoms with E-state index in [1.807, 2.05) is 0 Å². The number of rotatable bonds is 3. The van der Waals surface area contributed by atoms with E-state index in [0.29, 0.717) is 0 Å². The van der Waals surface area contributed by atoms with Crippen LogP contribution in [0, 0.1) is 11.6 Å². The Morgan fingerprint density at radius 2 is 2.14 bits per heavy atom. The molecule has 0 fully saturated rings. The molecule has 0 saturated carbocycles. The summed E-state index contributed by atoms with van der Waals surface area (Å²) in [5.41, 5.74) is 0.103. The minimum Gasteiger partial charge on any atom is -0.450 e. The quantitative estimate of drug-likeness (QED) is 0.764. The predicted molar refractivity (Wildman–Crippen MR) is 44.0 cm³/mol. The second-order valence-electron chi connectivity index (χ2n) is 2.58. The van der Waals surface area contributed by atoms with Gasteiger partial charge in [0.1, 0.15) is 0 Å². The first kappa shape index (κ1) is 10.4. The summed E-state index contributed by atoms with van der Waals surface area (Å²) in [6, 6.07) is 3.73. The Morgan fingerprint density at radius 3 is 2.79 bits per heavy atom. The van der Waals surface area contributed by atoms with Crippen LogP contribution in [0.3, 0.4) is 0 Å². The average molecular weight is 202 g/mol. The van der Waals surface area contributed by atoms with E-state index in [9.17, 15) is 13.6 Å². The van der Waals surface area contributed by atoms with Crippen molar-refractivity contribution in [2.24, 2.45) is 0 Å². The van der Waals surface area contributed by atoms with Crippen molar-refractivity contribution < 1.29 is 23.4 Å². The van der Waals surface area contributed by atoms with E-state index in [-0.39, 0.29) is 18.6 Å². The third kappa shape index (κ3) is 2.69. The molecule has 1 aromatic rings. The maximum absolute atomic E-state index is 12.9. The lowest BCUT2D eigenvalue weighted by Gasteiger charge is -2.02. The van der Waals surface area contributed by atoms with Crippen LogP contribution >= 0.6 is 0 Å². The lowest BCUT2D eigenvalue weighted by Crippen LogP contribution is -2.06. The van der Waals surface area contributed by atoms with E-state index in [0.717, 1.165) is 6.07 Å². The average Bonchev–Trinajstić information content (AvgIpc) is 2.12. The molecule has 0 heterocycles. The lowest BCUT2D eigenvalue weighted by atomic mass is 10.1. The Kier molecular flexibility index (Phi) is 3.39. The Morgan fingerprint density at radius 1 is 1.43 bits per heavy atom. The van der Waals surface area contributed by atoms with Gasteiger partial charge in [-0.1, -0.05) is 12.1 Å². The van der Waals surface area contributed by atoms with Gasteiger partial charge in [0.05, 0.1) is 6.61 Å². The number of carbonyl (C=O) groups is 1. The predicted octanol–water partition coefficient (Wildman–Crippen LogP) is 2.20. The summed E-state index contributed by atoms with van der Waals surface area (Å²) >= 11 is 0. The van der Waals surface area contributed by atoms with Crippen molar-refractivity contribution in [1.29, 1.82) is 0 Å². The molecule has 3 nitrogen and oxygen atoms in total. The largest absolute Gasteiger partial charge is 0.505 e. The van der Waals surface area contributed by atoms with Gasteiger partial charge in [-0.3, -0.25) is 0 Å². The van der Waals surface area contributed by atoms with Gasteiger partial charge >= 0.3 is 6.16 Å². The number of hydrogen-bond donors (Lipinski definition) is 1. The van der Waals surface area contributed by atoms with Crippen LogP contribution in [0.4, 0.5) is 13.6 Å². The highest BCUT2D eigenvalue weighted by molar-refractivity contribution is 5.56. The topological polar surface area (TPSA) is 46.5 Å². The van der Waals surface area contributed by atoms with Gasteiger partial charge in [0.2, 0.25) is 0 Å². The maximum Gasteiger partial charge on any atom is 0.505 e. The molecule has 0 amide bonds. The fourth-order valence-corrected chi connectivity index (χ4v) is 0.990. The summed E-state index contributed by atoms with van der Waals surface area (Å²) in [6.45, 7) is -0.185. The number of carboxylic acid groups (broad SMARTS) is 1. The van der Waals surface area contributed by atoms with Crippen molar-refractivity contribution in [1.82, 2.24) is 0 Å². The molecule has 76 valence electrons. The van der Waals surface area contributed by atoms with Gasteiger partial charge in [0.25, 0.3) is 0 Å². The highest BCUT2D eigenvalue weighted by Crippen LogP contribution is 2.11. The number of ether oxygens (including phenoxy) is 1. The van der Waals surface area contributed by atoms with Crippen molar-refractivity contribution >= 4 is 6.16 Å². The van der Waals surface area contributed by atoms with Gasteiger partial charge in [0.15, 0.2) is 11.6 Å². The highest BCUT2D eigenvalue weighted by Gasteiger charge is 2.07. The van der Waals surface area contributed by atoms with Crippen molar-refractivity contribution in [2.75, 3.05) is 6.61 Å². The zero-order valence-corrected chi connectivity index (χ0v) is 7.17. The maximum atomic E-state index is 12.9. The van der Waals surface area contributed by atoms with Gasteiger partial charge < -0.3 is 9.84 Å². The number of benzene rings is 1. The van der Waals surface area contributed by atoms with E-state index in [4.69, 9.17) is 5.11 Å². The van der Waals surface area contributed by atoms with Crippen molar-refractivity contribution in [3.8, 4) is 0 Å². The van der Waals surface area contributed by atoms with Crippen LogP contribution in [-0.4, -0.2) is 17.9 Å². The van der Waals surface area contributed by atoms with Gasteiger partial charge in [-0.05, 0) is 11.6 Å². The van der Waals surface area contributed by atoms with Crippen molar-refractivity contribution in [2.45, 2.75) is 6.42 Å². The normalized spacial score (nSPS) is 9.86.